The summed E-state index contributed by atoms with van der Waals surface area (Å²) in [4.78, 5) is 0. The van der Waals surface area contributed by atoms with E-state index >= 15 is 0 Å². The molecule has 9 heteroatoms. The second-order valence-corrected chi connectivity index (χ2v) is 7.10. The number of nitrogens with zero attached hydrogens (tertiary/aromatic N) is 5. The highest BCUT2D eigenvalue weighted by atomic mass is 32.2. The fourth-order valence-electron chi connectivity index (χ4n) is 2.90. The largest absolute Gasteiger partial charge is 0.497 e. The number of benzene rings is 1. The molecule has 0 aliphatic heterocycles. The average molecular weight is 406 g/mol. The lowest BCUT2D eigenvalue weighted by Gasteiger charge is -2.07. The van der Waals surface area contributed by atoms with E-state index in [1.54, 1.807) is 13.2 Å². The third kappa shape index (κ3) is 3.83. The van der Waals surface area contributed by atoms with Gasteiger partial charge in [0, 0.05) is 24.2 Å². The number of aromatic nitrogens is 4. The van der Waals surface area contributed by atoms with Crippen molar-refractivity contribution in [2.45, 2.75) is 17.5 Å². The van der Waals surface area contributed by atoms with E-state index in [4.69, 9.17) is 15.3 Å². The number of thioether (sulfide) groups is 1. The summed E-state index contributed by atoms with van der Waals surface area (Å²) in [5.41, 5.74) is 2.45. The van der Waals surface area contributed by atoms with Gasteiger partial charge in [0.1, 0.15) is 24.2 Å². The molecule has 0 spiro atoms. The van der Waals surface area contributed by atoms with Crippen LogP contribution in [0.1, 0.15) is 17.0 Å². The number of nitriles is 1. The molecule has 8 nitrogen and oxygen atoms in total. The Hall–Kier alpha value is -3.64. The minimum atomic E-state index is 0.177. The van der Waals surface area contributed by atoms with Gasteiger partial charge in [-0.3, -0.25) is 0 Å². The Labute approximate surface area is 171 Å². The van der Waals surface area contributed by atoms with Crippen LogP contribution < -0.4 is 15.3 Å². The first-order valence-electron chi connectivity index (χ1n) is 8.77. The number of nitrogen functional groups attached to an aromatic ring is 1. The molecule has 0 fully saturated rings. The summed E-state index contributed by atoms with van der Waals surface area (Å²) in [6, 6.07) is 15.3. The number of nitrogens with two attached hydrogens (primary N) is 1. The van der Waals surface area contributed by atoms with Crippen LogP contribution in [-0.2, 0) is 12.4 Å². The molecule has 0 saturated carbocycles. The van der Waals surface area contributed by atoms with E-state index in [9.17, 15) is 5.26 Å². The van der Waals surface area contributed by atoms with Crippen LogP contribution in [0.3, 0.4) is 0 Å². The average Bonchev–Trinajstić information content (AvgIpc) is 3.30. The first-order valence-corrected chi connectivity index (χ1v) is 9.76. The molecule has 0 aliphatic rings. The fourth-order valence-corrected chi connectivity index (χ4v) is 3.75. The number of hydrogen-bond acceptors (Lipinski definition) is 7. The molecular weight excluding hydrogens is 388 g/mol. The Morgan fingerprint density at radius 3 is 2.86 bits per heavy atom. The van der Waals surface area contributed by atoms with Gasteiger partial charge < -0.3 is 19.7 Å². The smallest absolute Gasteiger partial charge is 0.210 e. The predicted molar refractivity (Wildman–Crippen MR) is 109 cm³/mol. The quantitative estimate of drug-likeness (QED) is 0.372. The van der Waals surface area contributed by atoms with Crippen LogP contribution in [0.4, 0.5) is 0 Å². The molecule has 29 heavy (non-hydrogen) atoms. The van der Waals surface area contributed by atoms with Gasteiger partial charge in [-0.15, -0.1) is 10.2 Å². The molecule has 4 rings (SSSR count). The van der Waals surface area contributed by atoms with E-state index in [1.807, 2.05) is 53.2 Å². The summed E-state index contributed by atoms with van der Waals surface area (Å²) in [6.07, 6.45) is 3.87. The molecule has 146 valence electrons. The van der Waals surface area contributed by atoms with Crippen molar-refractivity contribution in [1.29, 1.82) is 5.26 Å². The van der Waals surface area contributed by atoms with E-state index in [0.29, 0.717) is 33.8 Å². The van der Waals surface area contributed by atoms with Gasteiger partial charge in [-0.05, 0) is 29.8 Å². The lowest BCUT2D eigenvalue weighted by atomic mass is 10.2. The zero-order chi connectivity index (χ0) is 20.2. The van der Waals surface area contributed by atoms with Crippen LogP contribution in [0.5, 0.6) is 11.5 Å². The second kappa shape index (κ2) is 8.16. The van der Waals surface area contributed by atoms with E-state index in [1.165, 1.54) is 16.4 Å². The number of fused-ring (bicyclic) bond motifs is 1. The van der Waals surface area contributed by atoms with Gasteiger partial charge in [0.05, 0.1) is 18.2 Å². The minimum Gasteiger partial charge on any atom is -0.497 e. The van der Waals surface area contributed by atoms with Gasteiger partial charge in [-0.1, -0.05) is 23.9 Å². The first kappa shape index (κ1) is 18.7. The molecule has 0 unspecified atom stereocenters. The molecule has 0 bridgehead atoms. The molecule has 0 aliphatic carbocycles. The molecular formula is C20H18N6O2S. The highest BCUT2D eigenvalue weighted by Crippen LogP contribution is 2.26. The highest BCUT2D eigenvalue weighted by molar-refractivity contribution is 7.98. The summed E-state index contributed by atoms with van der Waals surface area (Å²) >= 11 is 1.42. The van der Waals surface area contributed by atoms with Crippen LogP contribution in [0.15, 0.2) is 60.0 Å². The maximum Gasteiger partial charge on any atom is 0.210 e. The summed E-state index contributed by atoms with van der Waals surface area (Å²) in [5.74, 6) is 8.54. The SMILES string of the molecule is COc1cccc(OCc2nnc(SCc3cn4ccccc4c3C#N)n2N)c1. The lowest BCUT2D eigenvalue weighted by molar-refractivity contribution is 0.289. The van der Waals surface area contributed by atoms with Gasteiger partial charge in [-0.25, -0.2) is 4.68 Å². The Bertz CT molecular complexity index is 1190. The van der Waals surface area contributed by atoms with Crippen LogP contribution in [0.2, 0.25) is 0 Å². The van der Waals surface area contributed by atoms with Crippen molar-refractivity contribution in [3.05, 3.63) is 71.8 Å². The normalized spacial score (nSPS) is 10.8. The summed E-state index contributed by atoms with van der Waals surface area (Å²) in [7, 11) is 1.60. The Balaban J connectivity index is 1.45. The van der Waals surface area contributed by atoms with Crippen LogP contribution in [0, 0.1) is 11.3 Å². The predicted octanol–water partition coefficient (Wildman–Crippen LogP) is 3.00. The Morgan fingerprint density at radius 1 is 1.17 bits per heavy atom. The van der Waals surface area contributed by atoms with Crippen LogP contribution in [-0.4, -0.2) is 26.4 Å². The van der Waals surface area contributed by atoms with E-state index in [-0.39, 0.29) is 6.61 Å². The first-order chi connectivity index (χ1) is 14.2. The number of hydrogen-bond donors (Lipinski definition) is 1. The van der Waals surface area contributed by atoms with Gasteiger partial charge in [0.2, 0.25) is 5.16 Å². The maximum absolute atomic E-state index is 9.52. The van der Waals surface area contributed by atoms with Gasteiger partial charge in [0.25, 0.3) is 0 Å². The molecule has 0 amide bonds. The van der Waals surface area contributed by atoms with Crippen molar-refractivity contribution in [2.75, 3.05) is 13.0 Å². The van der Waals surface area contributed by atoms with E-state index < -0.39 is 0 Å². The van der Waals surface area contributed by atoms with Crippen molar-refractivity contribution in [1.82, 2.24) is 19.3 Å². The molecule has 0 atom stereocenters. The number of ether oxygens (including phenoxy) is 2. The van der Waals surface area contributed by atoms with Crippen molar-refractivity contribution < 1.29 is 9.47 Å². The van der Waals surface area contributed by atoms with Crippen molar-refractivity contribution in [2.24, 2.45) is 0 Å². The Kier molecular flexibility index (Phi) is 5.27. The number of rotatable bonds is 7. The van der Waals surface area contributed by atoms with Crippen LogP contribution in [0.25, 0.3) is 5.52 Å². The summed E-state index contributed by atoms with van der Waals surface area (Å²) in [6.45, 7) is 0.177. The molecule has 1 aromatic carbocycles. The molecule has 2 N–H and O–H groups in total. The standard InChI is InChI=1S/C20H18N6O2S/c1-27-15-5-4-6-16(9-15)28-12-19-23-24-20(26(19)22)29-13-14-11-25-8-3-2-7-18(25)17(14)10-21/h2-9,11H,12-13,22H2,1H3. The lowest BCUT2D eigenvalue weighted by Crippen LogP contribution is -2.15. The summed E-state index contributed by atoms with van der Waals surface area (Å²) in [5, 5.41) is 18.3. The van der Waals surface area contributed by atoms with Crippen molar-refractivity contribution in [3.8, 4) is 17.6 Å². The van der Waals surface area contributed by atoms with E-state index in [0.717, 1.165) is 11.1 Å². The number of methoxy groups -OCH3 is 1. The Morgan fingerprint density at radius 2 is 2.03 bits per heavy atom. The van der Waals surface area contributed by atoms with Gasteiger partial charge in [-0.2, -0.15) is 5.26 Å². The maximum atomic E-state index is 9.52. The van der Waals surface area contributed by atoms with Gasteiger partial charge >= 0.3 is 0 Å². The van der Waals surface area contributed by atoms with E-state index in [2.05, 4.69) is 16.3 Å². The second-order valence-electron chi connectivity index (χ2n) is 6.16. The zero-order valence-corrected chi connectivity index (χ0v) is 16.5. The molecule has 0 radical (unpaired) electrons. The molecule has 0 saturated heterocycles. The molecule has 3 heterocycles. The number of pyridine rings is 1. The zero-order valence-electron chi connectivity index (χ0n) is 15.6. The molecule has 4 aromatic rings. The third-order valence-corrected chi connectivity index (χ3v) is 5.37. The highest BCUT2D eigenvalue weighted by Gasteiger charge is 2.15. The third-order valence-electron chi connectivity index (χ3n) is 4.38. The van der Waals surface area contributed by atoms with Crippen molar-refractivity contribution >= 4 is 17.3 Å². The monoisotopic (exact) mass is 406 g/mol. The minimum absolute atomic E-state index is 0.177. The van der Waals surface area contributed by atoms with Gasteiger partial charge in [0.15, 0.2) is 5.82 Å². The van der Waals surface area contributed by atoms with Crippen LogP contribution >= 0.6 is 11.8 Å². The topological polar surface area (TPSA) is 103 Å². The fraction of sp³-hybridized carbons (Fsp3) is 0.150. The summed E-state index contributed by atoms with van der Waals surface area (Å²) < 4.78 is 14.3. The van der Waals surface area contributed by atoms with Crippen molar-refractivity contribution in [3.63, 3.8) is 0 Å². The molecule has 3 aromatic heterocycles.